The van der Waals surface area contributed by atoms with Crippen LogP contribution < -0.4 is 0 Å². The van der Waals surface area contributed by atoms with Gasteiger partial charge in [0.2, 0.25) is 0 Å². The van der Waals surface area contributed by atoms with Gasteiger partial charge in [-0.05, 0) is 42.9 Å². The van der Waals surface area contributed by atoms with Crippen molar-refractivity contribution in [1.82, 2.24) is 0 Å². The lowest BCUT2D eigenvalue weighted by molar-refractivity contribution is -0.216. The first kappa shape index (κ1) is 16.8. The third-order valence-electron chi connectivity index (χ3n) is 6.71. The summed E-state index contributed by atoms with van der Waals surface area (Å²) in [5.74, 6) is 0.563. The number of esters is 1. The Hall–Kier alpha value is -0.570. The lowest BCUT2D eigenvalue weighted by Crippen LogP contribution is -2.62. The summed E-state index contributed by atoms with van der Waals surface area (Å²) in [6.45, 7) is 10.9. The molecule has 0 aromatic carbocycles. The molecule has 0 aliphatic heterocycles. The van der Waals surface area contributed by atoms with E-state index in [9.17, 15) is 9.90 Å². The summed E-state index contributed by atoms with van der Waals surface area (Å²) in [4.78, 5) is 11.0. The van der Waals surface area contributed by atoms with Gasteiger partial charge in [-0.3, -0.25) is 4.79 Å². The smallest absolute Gasteiger partial charge is 0.302 e. The highest BCUT2D eigenvalue weighted by atomic mass is 16.5. The molecule has 2 rings (SSSR count). The van der Waals surface area contributed by atoms with Crippen molar-refractivity contribution in [3.63, 3.8) is 0 Å². The van der Waals surface area contributed by atoms with Crippen molar-refractivity contribution in [2.75, 3.05) is 6.61 Å². The molecule has 2 aliphatic carbocycles. The zero-order chi connectivity index (χ0) is 15.9. The number of hydrogen-bond donors (Lipinski definition) is 1. The van der Waals surface area contributed by atoms with Gasteiger partial charge >= 0.3 is 5.97 Å². The highest BCUT2D eigenvalue weighted by molar-refractivity contribution is 5.65. The van der Waals surface area contributed by atoms with E-state index in [-0.39, 0.29) is 17.3 Å². The number of fused-ring (bicyclic) bond motifs is 1. The zero-order valence-corrected chi connectivity index (χ0v) is 14.4. The molecule has 2 fully saturated rings. The first-order valence-corrected chi connectivity index (χ1v) is 8.49. The first-order valence-electron chi connectivity index (χ1n) is 8.49. The van der Waals surface area contributed by atoms with Crippen LogP contribution in [-0.4, -0.2) is 23.3 Å². The second-order valence-electron chi connectivity index (χ2n) is 8.30. The SMILES string of the molecule is CC(=O)OCCC1(O)C(C)CCC2C(C)(C)CCCC21C. The van der Waals surface area contributed by atoms with Crippen molar-refractivity contribution in [3.05, 3.63) is 0 Å². The monoisotopic (exact) mass is 296 g/mol. The predicted molar refractivity (Wildman–Crippen MR) is 83.8 cm³/mol. The Morgan fingerprint density at radius 1 is 1.24 bits per heavy atom. The van der Waals surface area contributed by atoms with E-state index in [2.05, 4.69) is 27.7 Å². The van der Waals surface area contributed by atoms with Gasteiger partial charge in [0.25, 0.3) is 0 Å². The summed E-state index contributed by atoms with van der Waals surface area (Å²) < 4.78 is 5.14. The highest BCUT2D eigenvalue weighted by Gasteiger charge is 2.60. The summed E-state index contributed by atoms with van der Waals surface area (Å²) in [5.41, 5.74) is -0.488. The molecule has 122 valence electrons. The number of carbonyl (C=O) groups is 1. The molecule has 1 N–H and O–H groups in total. The molecule has 0 spiro atoms. The molecule has 21 heavy (non-hydrogen) atoms. The van der Waals surface area contributed by atoms with E-state index in [4.69, 9.17) is 4.74 Å². The maximum atomic E-state index is 11.5. The summed E-state index contributed by atoms with van der Waals surface area (Å²) in [6, 6.07) is 0. The summed E-state index contributed by atoms with van der Waals surface area (Å²) in [6.07, 6.45) is 6.36. The van der Waals surface area contributed by atoms with E-state index in [0.29, 0.717) is 24.4 Å². The molecule has 0 bridgehead atoms. The predicted octanol–water partition coefficient (Wildman–Crippen LogP) is 3.93. The molecule has 4 unspecified atom stereocenters. The van der Waals surface area contributed by atoms with E-state index in [0.717, 1.165) is 12.8 Å². The molecule has 2 saturated carbocycles. The van der Waals surface area contributed by atoms with Gasteiger partial charge in [-0.25, -0.2) is 0 Å². The fourth-order valence-electron chi connectivity index (χ4n) is 5.45. The third kappa shape index (κ3) is 2.74. The molecule has 0 saturated heterocycles. The Morgan fingerprint density at radius 3 is 2.52 bits per heavy atom. The normalized spacial score (nSPS) is 42.2. The third-order valence-corrected chi connectivity index (χ3v) is 6.71. The zero-order valence-electron chi connectivity index (χ0n) is 14.4. The van der Waals surface area contributed by atoms with Crippen molar-refractivity contribution >= 4 is 5.97 Å². The number of ether oxygens (including phenoxy) is 1. The quantitative estimate of drug-likeness (QED) is 0.803. The minimum absolute atomic E-state index is 0.0629. The number of aliphatic hydroxyl groups is 1. The van der Waals surface area contributed by atoms with Crippen LogP contribution in [0.4, 0.5) is 0 Å². The van der Waals surface area contributed by atoms with Crippen molar-refractivity contribution in [3.8, 4) is 0 Å². The van der Waals surface area contributed by atoms with Crippen molar-refractivity contribution in [2.24, 2.45) is 22.7 Å². The van der Waals surface area contributed by atoms with Crippen LogP contribution in [0.1, 0.15) is 73.1 Å². The fourth-order valence-corrected chi connectivity index (χ4v) is 5.45. The molecule has 0 amide bonds. The van der Waals surface area contributed by atoms with Gasteiger partial charge < -0.3 is 9.84 Å². The molecule has 3 heteroatoms. The average Bonchev–Trinajstić information content (AvgIpc) is 2.34. The van der Waals surface area contributed by atoms with Crippen molar-refractivity contribution in [2.45, 2.75) is 78.7 Å². The van der Waals surface area contributed by atoms with Crippen LogP contribution in [0.15, 0.2) is 0 Å². The van der Waals surface area contributed by atoms with Gasteiger partial charge in [0.1, 0.15) is 0 Å². The lowest BCUT2D eigenvalue weighted by Gasteiger charge is -2.63. The van der Waals surface area contributed by atoms with Gasteiger partial charge in [-0.1, -0.05) is 34.1 Å². The number of rotatable bonds is 3. The van der Waals surface area contributed by atoms with Crippen molar-refractivity contribution < 1.29 is 14.6 Å². The first-order chi connectivity index (χ1) is 9.63. The highest BCUT2D eigenvalue weighted by Crippen LogP contribution is 2.63. The van der Waals surface area contributed by atoms with E-state index in [1.54, 1.807) is 0 Å². The van der Waals surface area contributed by atoms with Gasteiger partial charge in [0.15, 0.2) is 0 Å². The Morgan fingerprint density at radius 2 is 1.90 bits per heavy atom. The summed E-state index contributed by atoms with van der Waals surface area (Å²) in [7, 11) is 0. The number of hydrogen-bond acceptors (Lipinski definition) is 3. The molecule has 2 aliphatic rings. The minimum Gasteiger partial charge on any atom is -0.466 e. The van der Waals surface area contributed by atoms with Gasteiger partial charge in [-0.2, -0.15) is 0 Å². The van der Waals surface area contributed by atoms with Crippen LogP contribution in [-0.2, 0) is 9.53 Å². The lowest BCUT2D eigenvalue weighted by atomic mass is 9.44. The number of carbonyl (C=O) groups excluding carboxylic acids is 1. The maximum Gasteiger partial charge on any atom is 0.302 e. The Bertz CT molecular complexity index is 403. The molecule has 0 aromatic rings. The second kappa shape index (κ2) is 5.57. The van der Waals surface area contributed by atoms with E-state index < -0.39 is 5.60 Å². The molecule has 0 aromatic heterocycles. The standard InChI is InChI=1S/C18H32O3/c1-13-7-8-15-16(3,4)9-6-10-17(15,5)18(13,20)11-12-21-14(2)19/h13,15,20H,6-12H2,1-5H3. The van der Waals surface area contributed by atoms with Gasteiger partial charge in [0, 0.05) is 18.8 Å². The Labute approximate surface area is 129 Å². The van der Waals surface area contributed by atoms with E-state index >= 15 is 0 Å². The molecular formula is C18H32O3. The molecule has 4 atom stereocenters. The maximum absolute atomic E-state index is 11.5. The van der Waals surface area contributed by atoms with E-state index in [1.165, 1.54) is 26.2 Å². The average molecular weight is 296 g/mol. The van der Waals surface area contributed by atoms with E-state index in [1.807, 2.05) is 0 Å². The molecule has 0 heterocycles. The Kier molecular flexibility index (Phi) is 4.45. The summed E-state index contributed by atoms with van der Waals surface area (Å²) >= 11 is 0. The largest absolute Gasteiger partial charge is 0.466 e. The minimum atomic E-state index is -0.719. The van der Waals surface area contributed by atoms with Crippen LogP contribution in [0.2, 0.25) is 0 Å². The Balaban J connectivity index is 2.26. The fraction of sp³-hybridized carbons (Fsp3) is 0.944. The summed E-state index contributed by atoms with van der Waals surface area (Å²) in [5, 5.41) is 11.5. The van der Waals surface area contributed by atoms with Crippen LogP contribution in [0.3, 0.4) is 0 Å². The van der Waals surface area contributed by atoms with Crippen LogP contribution in [0.5, 0.6) is 0 Å². The molecule has 0 radical (unpaired) electrons. The molecule has 3 nitrogen and oxygen atoms in total. The van der Waals surface area contributed by atoms with Gasteiger partial charge in [-0.15, -0.1) is 0 Å². The van der Waals surface area contributed by atoms with Crippen molar-refractivity contribution in [1.29, 1.82) is 0 Å². The molecular weight excluding hydrogens is 264 g/mol. The topological polar surface area (TPSA) is 46.5 Å². The van der Waals surface area contributed by atoms with Gasteiger partial charge in [0.05, 0.1) is 12.2 Å². The second-order valence-corrected chi connectivity index (χ2v) is 8.30. The van der Waals surface area contributed by atoms with Crippen LogP contribution in [0, 0.1) is 22.7 Å². The van der Waals surface area contributed by atoms with Crippen LogP contribution in [0.25, 0.3) is 0 Å². The van der Waals surface area contributed by atoms with Crippen LogP contribution >= 0.6 is 0 Å².